The largest absolute Gasteiger partial charge is 0.479 e. The number of urea groups is 1. The molecule has 1 saturated heterocycles. The summed E-state index contributed by atoms with van der Waals surface area (Å²) in [7, 11) is 1.35. The molecule has 41 heavy (non-hydrogen) atoms. The summed E-state index contributed by atoms with van der Waals surface area (Å²) in [6, 6.07) is 6.12. The minimum atomic E-state index is -2.64. The van der Waals surface area contributed by atoms with Gasteiger partial charge < -0.3 is 35.3 Å². The van der Waals surface area contributed by atoms with Crippen LogP contribution in [0.1, 0.15) is 12.0 Å². The first-order chi connectivity index (χ1) is 19.6. The van der Waals surface area contributed by atoms with Crippen LogP contribution >= 0.6 is 11.6 Å². The molecule has 14 nitrogen and oxygen atoms in total. The molecular weight excluding hydrogens is 558 g/mol. The number of terminal acetylenes is 1. The van der Waals surface area contributed by atoms with Crippen LogP contribution in [0.3, 0.4) is 0 Å². The molecule has 1 aliphatic rings. The van der Waals surface area contributed by atoms with Crippen molar-refractivity contribution in [1.82, 2.24) is 24.8 Å². The SMILES string of the molecule is C#CC(Cn1cnc2c(N)nc(Cl)nc21)C(COC(Cc1ccc(N2CCCNC2=O)cc1)(C(=O)O)C(=O)O)OC. The minimum absolute atomic E-state index is 0.0828. The van der Waals surface area contributed by atoms with Gasteiger partial charge >= 0.3 is 18.0 Å². The van der Waals surface area contributed by atoms with E-state index in [1.807, 2.05) is 0 Å². The molecule has 2 unspecified atom stereocenters. The van der Waals surface area contributed by atoms with Gasteiger partial charge in [0.15, 0.2) is 11.5 Å². The summed E-state index contributed by atoms with van der Waals surface area (Å²) in [6.07, 6.45) is 6.58. The van der Waals surface area contributed by atoms with Crippen molar-refractivity contribution < 1.29 is 34.1 Å². The Balaban J connectivity index is 1.52. The molecule has 15 heteroatoms. The van der Waals surface area contributed by atoms with Crippen LogP contribution < -0.4 is 16.0 Å². The third kappa shape index (κ3) is 6.17. The number of nitrogens with one attached hydrogen (secondary N) is 1. The standard InChI is InChI=1S/C26H28ClN7O7/c1-3-16(12-33-14-30-19-20(28)31-24(27)32-21(19)33)18(40-2)13-41-26(22(35)36,23(37)38)11-15-5-7-17(8-6-15)34-10-4-9-29-25(34)39/h1,5-8,14,16,18H,4,9-13H2,2H3,(H,29,39)(H,35,36)(H,37,38)(H2,28,31,32). The topological polar surface area (TPSA) is 195 Å². The zero-order chi connectivity index (χ0) is 29.7. The van der Waals surface area contributed by atoms with E-state index < -0.39 is 42.6 Å². The van der Waals surface area contributed by atoms with Crippen molar-refractivity contribution in [3.8, 4) is 12.3 Å². The van der Waals surface area contributed by atoms with Gasteiger partial charge in [0.25, 0.3) is 5.60 Å². The average Bonchev–Trinajstić information content (AvgIpc) is 3.35. The van der Waals surface area contributed by atoms with Crippen molar-refractivity contribution in [2.24, 2.45) is 5.92 Å². The highest BCUT2D eigenvalue weighted by Crippen LogP contribution is 2.26. The maximum atomic E-state index is 12.3. The molecule has 0 saturated carbocycles. The number of nitrogens with two attached hydrogens (primary N) is 1. The van der Waals surface area contributed by atoms with Gasteiger partial charge in [-0.05, 0) is 35.7 Å². The number of hydrogen-bond acceptors (Lipinski definition) is 9. The first kappa shape index (κ1) is 29.5. The molecule has 0 spiro atoms. The minimum Gasteiger partial charge on any atom is -0.479 e. The Morgan fingerprint density at radius 2 is 1.98 bits per heavy atom. The second-order valence-electron chi connectivity index (χ2n) is 9.32. The number of aromatic nitrogens is 4. The van der Waals surface area contributed by atoms with Gasteiger partial charge in [-0.15, -0.1) is 6.42 Å². The molecule has 1 aliphatic heterocycles. The second-order valence-corrected chi connectivity index (χ2v) is 9.66. The molecule has 1 aromatic carbocycles. The number of anilines is 2. The number of imidazole rings is 1. The molecule has 2 amide bonds. The van der Waals surface area contributed by atoms with Gasteiger partial charge in [-0.3, -0.25) is 4.90 Å². The Morgan fingerprint density at radius 1 is 1.27 bits per heavy atom. The van der Waals surface area contributed by atoms with E-state index >= 15 is 0 Å². The number of halogens is 1. The monoisotopic (exact) mass is 585 g/mol. The van der Waals surface area contributed by atoms with Gasteiger partial charge in [0, 0.05) is 38.9 Å². The molecule has 3 heterocycles. The van der Waals surface area contributed by atoms with E-state index in [4.69, 9.17) is 33.2 Å². The fraction of sp³-hybridized carbons (Fsp3) is 0.385. The number of nitrogen functional groups attached to an aromatic ring is 1. The molecule has 4 rings (SSSR count). The van der Waals surface area contributed by atoms with Crippen LogP contribution in [0.5, 0.6) is 0 Å². The first-order valence-electron chi connectivity index (χ1n) is 12.5. The van der Waals surface area contributed by atoms with Crippen LogP contribution in [0.15, 0.2) is 30.6 Å². The van der Waals surface area contributed by atoms with Crippen LogP contribution in [-0.2, 0) is 32.0 Å². The molecule has 2 aromatic heterocycles. The lowest BCUT2D eigenvalue weighted by atomic mass is 9.93. The number of hydrogen-bond donors (Lipinski definition) is 4. The fourth-order valence-corrected chi connectivity index (χ4v) is 4.68. The van der Waals surface area contributed by atoms with Crippen LogP contribution in [0.2, 0.25) is 5.28 Å². The number of carboxylic acids is 2. The van der Waals surface area contributed by atoms with Crippen molar-refractivity contribution in [2.75, 3.05) is 37.4 Å². The predicted octanol–water partition coefficient (Wildman–Crippen LogP) is 1.41. The summed E-state index contributed by atoms with van der Waals surface area (Å²) in [5.41, 5.74) is 4.83. The number of rotatable bonds is 12. The van der Waals surface area contributed by atoms with E-state index in [-0.39, 0.29) is 23.7 Å². The smallest absolute Gasteiger partial charge is 0.348 e. The third-order valence-corrected chi connectivity index (χ3v) is 6.96. The van der Waals surface area contributed by atoms with E-state index in [0.717, 1.165) is 6.42 Å². The summed E-state index contributed by atoms with van der Waals surface area (Å²) in [6.45, 7) is 0.754. The lowest BCUT2D eigenvalue weighted by Gasteiger charge is -2.30. The van der Waals surface area contributed by atoms with Crippen molar-refractivity contribution >= 4 is 52.2 Å². The van der Waals surface area contributed by atoms with Gasteiger partial charge in [0.1, 0.15) is 5.52 Å². The van der Waals surface area contributed by atoms with Crippen molar-refractivity contribution in [3.05, 3.63) is 41.4 Å². The number of methoxy groups -OCH3 is 1. The Bertz CT molecular complexity index is 1470. The fourth-order valence-electron chi connectivity index (χ4n) is 4.51. The Kier molecular flexibility index (Phi) is 8.92. The molecule has 2 atom stereocenters. The van der Waals surface area contributed by atoms with E-state index in [0.29, 0.717) is 35.5 Å². The third-order valence-electron chi connectivity index (χ3n) is 6.79. The summed E-state index contributed by atoms with van der Waals surface area (Å²) in [4.78, 5) is 50.5. The molecule has 1 fully saturated rings. The van der Waals surface area contributed by atoms with Crippen molar-refractivity contribution in [1.29, 1.82) is 0 Å². The molecule has 216 valence electrons. The highest BCUT2D eigenvalue weighted by Gasteiger charge is 2.49. The van der Waals surface area contributed by atoms with Crippen LogP contribution in [-0.4, -0.2) is 86.2 Å². The number of carboxylic acid groups (broad SMARTS) is 2. The molecular formula is C26H28ClN7O7. The number of fused-ring (bicyclic) bond motifs is 1. The Hall–Kier alpha value is -4.45. The predicted molar refractivity (Wildman–Crippen MR) is 147 cm³/mol. The van der Waals surface area contributed by atoms with Gasteiger partial charge in [-0.1, -0.05) is 18.1 Å². The number of aliphatic carboxylic acids is 2. The highest BCUT2D eigenvalue weighted by molar-refractivity contribution is 6.28. The van der Waals surface area contributed by atoms with Gasteiger partial charge in [0.05, 0.1) is 25.0 Å². The van der Waals surface area contributed by atoms with E-state index in [1.165, 1.54) is 13.4 Å². The zero-order valence-corrected chi connectivity index (χ0v) is 22.7. The number of carbonyl (C=O) groups excluding carboxylic acids is 1. The molecule has 5 N–H and O–H groups in total. The first-order valence-corrected chi connectivity index (χ1v) is 12.8. The van der Waals surface area contributed by atoms with Crippen molar-refractivity contribution in [2.45, 2.75) is 31.1 Å². The second kappa shape index (κ2) is 12.4. The summed E-state index contributed by atoms with van der Waals surface area (Å²) in [5.74, 6) is -1.45. The quantitative estimate of drug-likeness (QED) is 0.136. The molecule has 0 radical (unpaired) electrons. The number of amides is 2. The van der Waals surface area contributed by atoms with E-state index in [9.17, 15) is 24.6 Å². The molecule has 0 bridgehead atoms. The lowest BCUT2D eigenvalue weighted by Crippen LogP contribution is -2.52. The Labute approximate surface area is 239 Å². The average molecular weight is 586 g/mol. The molecule has 3 aromatic rings. The Morgan fingerprint density at radius 3 is 2.59 bits per heavy atom. The van der Waals surface area contributed by atoms with Crippen molar-refractivity contribution in [3.63, 3.8) is 0 Å². The summed E-state index contributed by atoms with van der Waals surface area (Å²) >= 11 is 5.93. The molecule has 0 aliphatic carbocycles. The van der Waals surface area contributed by atoms with Crippen LogP contribution in [0.4, 0.5) is 16.3 Å². The van der Waals surface area contributed by atoms with Gasteiger partial charge in [-0.25, -0.2) is 19.4 Å². The number of benzene rings is 1. The maximum Gasteiger partial charge on any atom is 0.348 e. The van der Waals surface area contributed by atoms with Crippen LogP contribution in [0.25, 0.3) is 11.2 Å². The number of ether oxygens (including phenoxy) is 2. The van der Waals surface area contributed by atoms with Crippen LogP contribution in [0, 0.1) is 18.3 Å². The van der Waals surface area contributed by atoms with Gasteiger partial charge in [0.2, 0.25) is 5.28 Å². The van der Waals surface area contributed by atoms with Gasteiger partial charge in [-0.2, -0.15) is 9.97 Å². The highest BCUT2D eigenvalue weighted by atomic mass is 35.5. The lowest BCUT2D eigenvalue weighted by molar-refractivity contribution is -0.188. The zero-order valence-electron chi connectivity index (χ0n) is 22.0. The maximum absolute atomic E-state index is 12.3. The number of nitrogens with zero attached hydrogens (tertiary/aromatic N) is 5. The summed E-state index contributed by atoms with van der Waals surface area (Å²) in [5, 5.41) is 22.7. The normalized spacial score (nSPS) is 15.2. The van der Waals surface area contributed by atoms with E-state index in [2.05, 4.69) is 26.2 Å². The number of carbonyl (C=O) groups is 3. The van der Waals surface area contributed by atoms with E-state index in [1.54, 1.807) is 33.7 Å². The summed E-state index contributed by atoms with van der Waals surface area (Å²) < 4.78 is 12.7.